The molecule has 3 N–H and O–H groups in total. The molecule has 1 heterocycles. The van der Waals surface area contributed by atoms with Gasteiger partial charge in [-0.15, -0.1) is 0 Å². The second kappa shape index (κ2) is 3.80. The SMILES string of the molecule is NCC1(c2ccc([N+](=O)[O-])cn2)CC(O)C1. The van der Waals surface area contributed by atoms with Crippen molar-refractivity contribution in [3.63, 3.8) is 0 Å². The largest absolute Gasteiger partial charge is 0.393 e. The van der Waals surface area contributed by atoms with Crippen LogP contribution in [0.5, 0.6) is 0 Å². The normalized spacial score (nSPS) is 28.5. The van der Waals surface area contributed by atoms with Crippen LogP contribution in [0.1, 0.15) is 18.5 Å². The zero-order valence-corrected chi connectivity index (χ0v) is 8.67. The van der Waals surface area contributed by atoms with E-state index in [0.717, 1.165) is 5.69 Å². The number of nitro groups is 1. The van der Waals surface area contributed by atoms with Crippen molar-refractivity contribution in [2.24, 2.45) is 5.73 Å². The van der Waals surface area contributed by atoms with Crippen molar-refractivity contribution in [2.45, 2.75) is 24.4 Å². The van der Waals surface area contributed by atoms with E-state index in [9.17, 15) is 15.2 Å². The van der Waals surface area contributed by atoms with E-state index in [2.05, 4.69) is 4.98 Å². The summed E-state index contributed by atoms with van der Waals surface area (Å²) in [6.07, 6.45) is 2.06. The summed E-state index contributed by atoms with van der Waals surface area (Å²) in [5.41, 5.74) is 6.07. The van der Waals surface area contributed by atoms with Crippen LogP contribution in [-0.2, 0) is 5.41 Å². The lowest BCUT2D eigenvalue weighted by Crippen LogP contribution is -2.50. The van der Waals surface area contributed by atoms with Gasteiger partial charge in [0.25, 0.3) is 5.69 Å². The molecule has 16 heavy (non-hydrogen) atoms. The van der Waals surface area contributed by atoms with Gasteiger partial charge in [0.2, 0.25) is 0 Å². The molecule has 86 valence electrons. The van der Waals surface area contributed by atoms with Crippen LogP contribution in [0.25, 0.3) is 0 Å². The Balaban J connectivity index is 2.24. The molecular weight excluding hydrogens is 210 g/mol. The van der Waals surface area contributed by atoms with Gasteiger partial charge in [-0.1, -0.05) is 0 Å². The lowest BCUT2D eigenvalue weighted by atomic mass is 9.64. The second-order valence-corrected chi connectivity index (χ2v) is 4.21. The quantitative estimate of drug-likeness (QED) is 0.568. The number of hydrogen-bond donors (Lipinski definition) is 2. The van der Waals surface area contributed by atoms with E-state index < -0.39 is 4.92 Å². The number of nitrogens with two attached hydrogens (primary N) is 1. The molecule has 0 bridgehead atoms. The number of aliphatic hydroxyl groups is 1. The summed E-state index contributed by atoms with van der Waals surface area (Å²) in [7, 11) is 0. The van der Waals surface area contributed by atoms with Crippen molar-refractivity contribution >= 4 is 5.69 Å². The van der Waals surface area contributed by atoms with Crippen molar-refractivity contribution in [1.82, 2.24) is 4.98 Å². The maximum atomic E-state index is 10.5. The minimum atomic E-state index is -0.485. The van der Waals surface area contributed by atoms with Gasteiger partial charge in [0.1, 0.15) is 6.20 Å². The summed E-state index contributed by atoms with van der Waals surface area (Å²) in [4.78, 5) is 14.0. The molecule has 0 unspecified atom stereocenters. The van der Waals surface area contributed by atoms with Crippen molar-refractivity contribution < 1.29 is 10.0 Å². The van der Waals surface area contributed by atoms with E-state index in [4.69, 9.17) is 5.73 Å². The molecule has 0 saturated heterocycles. The van der Waals surface area contributed by atoms with Gasteiger partial charge in [0.15, 0.2) is 0 Å². The fraction of sp³-hybridized carbons (Fsp3) is 0.500. The van der Waals surface area contributed by atoms with Crippen LogP contribution in [0.3, 0.4) is 0 Å². The maximum Gasteiger partial charge on any atom is 0.287 e. The average Bonchev–Trinajstić information content (AvgIpc) is 2.24. The molecule has 6 nitrogen and oxygen atoms in total. The van der Waals surface area contributed by atoms with Crippen LogP contribution >= 0.6 is 0 Å². The first-order valence-electron chi connectivity index (χ1n) is 5.06. The van der Waals surface area contributed by atoms with Crippen molar-refractivity contribution in [1.29, 1.82) is 0 Å². The van der Waals surface area contributed by atoms with Crippen LogP contribution < -0.4 is 5.73 Å². The molecule has 1 saturated carbocycles. The molecule has 6 heteroatoms. The van der Waals surface area contributed by atoms with Crippen molar-refractivity contribution in [3.8, 4) is 0 Å². The predicted molar refractivity (Wildman–Crippen MR) is 56.9 cm³/mol. The number of aromatic nitrogens is 1. The third-order valence-electron chi connectivity index (χ3n) is 3.15. The standard InChI is InChI=1S/C10H13N3O3/c11-6-10(3-8(14)4-10)9-2-1-7(5-12-9)13(15)16/h1-2,5,8,14H,3-4,6,11H2. The average molecular weight is 223 g/mol. The Morgan fingerprint density at radius 1 is 1.62 bits per heavy atom. The third kappa shape index (κ3) is 1.66. The molecule has 0 amide bonds. The number of pyridine rings is 1. The molecule has 0 atom stereocenters. The summed E-state index contributed by atoms with van der Waals surface area (Å²) in [5.74, 6) is 0. The fourth-order valence-electron chi connectivity index (χ4n) is 2.13. The Kier molecular flexibility index (Phi) is 2.61. The smallest absolute Gasteiger partial charge is 0.287 e. The molecule has 1 aliphatic carbocycles. The summed E-state index contributed by atoms with van der Waals surface area (Å²) in [6, 6.07) is 3.04. The molecule has 0 aliphatic heterocycles. The number of nitrogens with zero attached hydrogens (tertiary/aromatic N) is 2. The van der Waals surface area contributed by atoms with E-state index in [1.165, 1.54) is 12.3 Å². The Morgan fingerprint density at radius 3 is 2.69 bits per heavy atom. The van der Waals surface area contributed by atoms with Crippen LogP contribution in [0, 0.1) is 10.1 Å². The van der Waals surface area contributed by atoms with Gasteiger partial charge in [-0.05, 0) is 18.9 Å². The van der Waals surface area contributed by atoms with E-state index in [-0.39, 0.29) is 17.2 Å². The van der Waals surface area contributed by atoms with Crippen LogP contribution in [0.4, 0.5) is 5.69 Å². The number of hydrogen-bond acceptors (Lipinski definition) is 5. The summed E-state index contributed by atoms with van der Waals surface area (Å²) in [6.45, 7) is 0.398. The summed E-state index contributed by atoms with van der Waals surface area (Å²) < 4.78 is 0. The monoisotopic (exact) mass is 223 g/mol. The molecule has 1 aromatic rings. The minimum Gasteiger partial charge on any atom is -0.393 e. The van der Waals surface area contributed by atoms with Gasteiger partial charge < -0.3 is 10.8 Å². The van der Waals surface area contributed by atoms with E-state index >= 15 is 0 Å². The molecule has 2 rings (SSSR count). The Labute approximate surface area is 92.3 Å². The summed E-state index contributed by atoms with van der Waals surface area (Å²) in [5, 5.41) is 19.8. The van der Waals surface area contributed by atoms with Gasteiger partial charge >= 0.3 is 0 Å². The maximum absolute atomic E-state index is 10.5. The Hall–Kier alpha value is -1.53. The lowest BCUT2D eigenvalue weighted by Gasteiger charge is -2.44. The molecule has 0 radical (unpaired) electrons. The van der Waals surface area contributed by atoms with Gasteiger partial charge in [-0.25, -0.2) is 0 Å². The fourth-order valence-corrected chi connectivity index (χ4v) is 2.13. The molecule has 1 fully saturated rings. The first kappa shape index (κ1) is 11.0. The Bertz CT molecular complexity index is 398. The summed E-state index contributed by atoms with van der Waals surface area (Å²) >= 11 is 0. The Morgan fingerprint density at radius 2 is 2.31 bits per heavy atom. The highest BCUT2D eigenvalue weighted by Gasteiger charge is 2.44. The highest BCUT2D eigenvalue weighted by Crippen LogP contribution is 2.42. The molecule has 1 aromatic heterocycles. The highest BCUT2D eigenvalue weighted by molar-refractivity contribution is 5.32. The van der Waals surface area contributed by atoms with E-state index in [1.54, 1.807) is 6.07 Å². The van der Waals surface area contributed by atoms with Gasteiger partial charge in [0, 0.05) is 23.7 Å². The third-order valence-corrected chi connectivity index (χ3v) is 3.15. The van der Waals surface area contributed by atoms with E-state index in [0.29, 0.717) is 19.4 Å². The van der Waals surface area contributed by atoms with Crippen molar-refractivity contribution in [3.05, 3.63) is 34.1 Å². The van der Waals surface area contributed by atoms with E-state index in [1.807, 2.05) is 0 Å². The van der Waals surface area contributed by atoms with Gasteiger partial charge in [-0.3, -0.25) is 15.1 Å². The topological polar surface area (TPSA) is 102 Å². The number of aliphatic hydroxyl groups excluding tert-OH is 1. The predicted octanol–water partition coefficient (Wildman–Crippen LogP) is 0.341. The van der Waals surface area contributed by atoms with Crippen LogP contribution in [-0.4, -0.2) is 27.7 Å². The van der Waals surface area contributed by atoms with Gasteiger partial charge in [-0.2, -0.15) is 0 Å². The zero-order valence-electron chi connectivity index (χ0n) is 8.67. The first-order chi connectivity index (χ1) is 7.57. The highest BCUT2D eigenvalue weighted by atomic mass is 16.6. The first-order valence-corrected chi connectivity index (χ1v) is 5.06. The van der Waals surface area contributed by atoms with Crippen LogP contribution in [0.15, 0.2) is 18.3 Å². The molecule has 0 aromatic carbocycles. The van der Waals surface area contributed by atoms with Gasteiger partial charge in [0.05, 0.1) is 11.0 Å². The minimum absolute atomic E-state index is 0.0317. The molecule has 1 aliphatic rings. The lowest BCUT2D eigenvalue weighted by molar-refractivity contribution is -0.385. The zero-order chi connectivity index (χ0) is 11.8. The van der Waals surface area contributed by atoms with Crippen LogP contribution in [0.2, 0.25) is 0 Å². The van der Waals surface area contributed by atoms with Crippen molar-refractivity contribution in [2.75, 3.05) is 6.54 Å². The molecule has 0 spiro atoms. The second-order valence-electron chi connectivity index (χ2n) is 4.21. The molecular formula is C10H13N3O3. The number of rotatable bonds is 3.